The van der Waals surface area contributed by atoms with E-state index >= 15 is 0 Å². The number of nitrogens with one attached hydrogen (secondary N) is 1. The lowest BCUT2D eigenvalue weighted by atomic mass is 10.1. The number of methoxy groups -OCH3 is 1. The zero-order valence-corrected chi connectivity index (χ0v) is 18.1. The van der Waals surface area contributed by atoms with Crippen molar-refractivity contribution >= 4 is 39.4 Å². The Bertz CT molecular complexity index is 1520. The van der Waals surface area contributed by atoms with Gasteiger partial charge in [0.1, 0.15) is 5.75 Å². The predicted molar refractivity (Wildman–Crippen MR) is 127 cm³/mol. The van der Waals surface area contributed by atoms with E-state index in [1.54, 1.807) is 31.5 Å². The highest BCUT2D eigenvalue weighted by Gasteiger charge is 2.18. The lowest BCUT2D eigenvalue weighted by molar-refractivity contribution is 0.102. The van der Waals surface area contributed by atoms with Crippen LogP contribution in [-0.2, 0) is 0 Å². The summed E-state index contributed by atoms with van der Waals surface area (Å²) in [5.41, 5.74) is 2.50. The highest BCUT2D eigenvalue weighted by Crippen LogP contribution is 2.28. The van der Waals surface area contributed by atoms with Gasteiger partial charge in [0.25, 0.3) is 5.56 Å². The van der Waals surface area contributed by atoms with Crippen molar-refractivity contribution in [3.63, 3.8) is 0 Å². The van der Waals surface area contributed by atoms with Crippen LogP contribution in [-0.4, -0.2) is 33.2 Å². The third-order valence-electron chi connectivity index (χ3n) is 5.29. The molecule has 7 heteroatoms. The summed E-state index contributed by atoms with van der Waals surface area (Å²) in [5, 5.41) is 1.82. The number of aromatic amines is 1. The van der Waals surface area contributed by atoms with E-state index < -0.39 is 0 Å². The molecule has 0 saturated heterocycles. The third kappa shape index (κ3) is 3.46. The minimum absolute atomic E-state index is 0.0403. The minimum Gasteiger partial charge on any atom is -0.495 e. The number of thioether (sulfide) groups is 1. The molecule has 2 heterocycles. The summed E-state index contributed by atoms with van der Waals surface area (Å²) in [6, 6.07) is 22.2. The SMILES string of the molecule is COc1ccccc1-n1c(SCC(=O)c2c[nH]c3ccccc23)nc2ccccc2c1=O. The van der Waals surface area contributed by atoms with Crippen LogP contribution in [0.25, 0.3) is 27.5 Å². The monoisotopic (exact) mass is 441 g/mol. The second kappa shape index (κ2) is 8.36. The number of fused-ring (bicyclic) bond motifs is 2. The van der Waals surface area contributed by atoms with Crippen LogP contribution in [0, 0.1) is 0 Å². The second-order valence-corrected chi connectivity index (χ2v) is 8.13. The van der Waals surface area contributed by atoms with Gasteiger partial charge in [-0.3, -0.25) is 14.2 Å². The van der Waals surface area contributed by atoms with E-state index in [0.717, 1.165) is 10.9 Å². The van der Waals surface area contributed by atoms with Crippen LogP contribution in [0.15, 0.2) is 88.9 Å². The average molecular weight is 442 g/mol. The second-order valence-electron chi connectivity index (χ2n) is 7.18. The fraction of sp³-hybridized carbons (Fsp3) is 0.0800. The minimum atomic E-state index is -0.206. The van der Waals surface area contributed by atoms with Gasteiger partial charge in [-0.2, -0.15) is 0 Å². The number of hydrogen-bond donors (Lipinski definition) is 1. The molecule has 3 aromatic carbocycles. The third-order valence-corrected chi connectivity index (χ3v) is 6.23. The molecule has 2 aromatic heterocycles. The molecule has 5 aromatic rings. The summed E-state index contributed by atoms with van der Waals surface area (Å²) in [4.78, 5) is 34.3. The standard InChI is InChI=1S/C25H19N3O3S/c1-31-23-13-7-6-12-21(23)28-24(30)17-9-3-5-11-20(17)27-25(28)32-15-22(29)18-14-26-19-10-4-2-8-16(18)19/h2-14,26H,15H2,1H3. The summed E-state index contributed by atoms with van der Waals surface area (Å²) in [6.07, 6.45) is 1.73. The molecular weight excluding hydrogens is 422 g/mol. The quantitative estimate of drug-likeness (QED) is 0.232. The van der Waals surface area contributed by atoms with Crippen molar-refractivity contribution < 1.29 is 9.53 Å². The van der Waals surface area contributed by atoms with Gasteiger partial charge in [-0.1, -0.05) is 54.2 Å². The largest absolute Gasteiger partial charge is 0.495 e. The Hall–Kier alpha value is -3.84. The molecule has 0 radical (unpaired) electrons. The number of para-hydroxylation sites is 4. The van der Waals surface area contributed by atoms with Crippen LogP contribution >= 0.6 is 11.8 Å². The van der Waals surface area contributed by atoms with Gasteiger partial charge in [-0.05, 0) is 30.3 Å². The van der Waals surface area contributed by atoms with E-state index in [4.69, 9.17) is 9.72 Å². The molecule has 0 atom stereocenters. The molecule has 0 spiro atoms. The van der Waals surface area contributed by atoms with Gasteiger partial charge in [-0.25, -0.2) is 4.98 Å². The average Bonchev–Trinajstić information content (AvgIpc) is 3.27. The van der Waals surface area contributed by atoms with Gasteiger partial charge in [0.2, 0.25) is 0 Å². The Balaban J connectivity index is 1.58. The van der Waals surface area contributed by atoms with E-state index in [-0.39, 0.29) is 17.1 Å². The van der Waals surface area contributed by atoms with Crippen LogP contribution in [0.2, 0.25) is 0 Å². The fourth-order valence-corrected chi connectivity index (χ4v) is 4.64. The summed E-state index contributed by atoms with van der Waals surface area (Å²) >= 11 is 1.24. The summed E-state index contributed by atoms with van der Waals surface area (Å²) < 4.78 is 7.01. The zero-order valence-electron chi connectivity index (χ0n) is 17.2. The van der Waals surface area contributed by atoms with Crippen molar-refractivity contribution in [2.45, 2.75) is 5.16 Å². The normalized spacial score (nSPS) is 11.2. The van der Waals surface area contributed by atoms with Crippen LogP contribution in [0.4, 0.5) is 0 Å². The van der Waals surface area contributed by atoms with Gasteiger partial charge in [-0.15, -0.1) is 0 Å². The highest BCUT2D eigenvalue weighted by molar-refractivity contribution is 7.99. The van der Waals surface area contributed by atoms with Gasteiger partial charge in [0.05, 0.1) is 29.5 Å². The molecule has 0 aliphatic carbocycles. The smallest absolute Gasteiger partial charge is 0.266 e. The molecule has 0 saturated carbocycles. The van der Waals surface area contributed by atoms with Gasteiger partial charge < -0.3 is 9.72 Å². The zero-order chi connectivity index (χ0) is 22.1. The van der Waals surface area contributed by atoms with E-state index in [2.05, 4.69) is 4.98 Å². The first-order valence-corrected chi connectivity index (χ1v) is 11.0. The molecule has 0 amide bonds. The van der Waals surface area contributed by atoms with Crippen molar-refractivity contribution in [1.82, 2.24) is 14.5 Å². The van der Waals surface area contributed by atoms with Gasteiger partial charge in [0, 0.05) is 22.7 Å². The number of nitrogens with zero attached hydrogens (tertiary/aromatic N) is 2. The van der Waals surface area contributed by atoms with Crippen molar-refractivity contribution in [3.8, 4) is 11.4 Å². The number of benzene rings is 3. The van der Waals surface area contributed by atoms with Crippen molar-refractivity contribution in [1.29, 1.82) is 0 Å². The predicted octanol–water partition coefficient (Wildman–Crippen LogP) is 4.85. The fourth-order valence-electron chi connectivity index (χ4n) is 3.75. The molecule has 158 valence electrons. The van der Waals surface area contributed by atoms with Crippen LogP contribution in [0.3, 0.4) is 0 Å². The van der Waals surface area contributed by atoms with Gasteiger partial charge >= 0.3 is 0 Å². The molecule has 0 aliphatic rings. The Morgan fingerprint density at radius 3 is 2.56 bits per heavy atom. The van der Waals surface area contributed by atoms with E-state index in [1.807, 2.05) is 54.6 Å². The maximum Gasteiger partial charge on any atom is 0.266 e. The first-order chi connectivity index (χ1) is 15.7. The van der Waals surface area contributed by atoms with Crippen LogP contribution in [0.1, 0.15) is 10.4 Å². The molecule has 0 aliphatic heterocycles. The number of aromatic nitrogens is 3. The first kappa shape index (κ1) is 20.1. The molecule has 5 rings (SSSR count). The topological polar surface area (TPSA) is 77.0 Å². The highest BCUT2D eigenvalue weighted by atomic mass is 32.2. The maximum absolute atomic E-state index is 13.4. The lowest BCUT2D eigenvalue weighted by Crippen LogP contribution is -2.22. The number of ether oxygens (including phenoxy) is 1. The summed E-state index contributed by atoms with van der Waals surface area (Å²) in [6.45, 7) is 0. The first-order valence-electron chi connectivity index (χ1n) is 10.0. The number of carbonyl (C=O) groups is 1. The molecule has 6 nitrogen and oxygen atoms in total. The van der Waals surface area contributed by atoms with E-state index in [0.29, 0.717) is 33.1 Å². The van der Waals surface area contributed by atoms with Crippen LogP contribution < -0.4 is 10.3 Å². The Kier molecular flexibility index (Phi) is 5.25. The van der Waals surface area contributed by atoms with Crippen molar-refractivity contribution in [3.05, 3.63) is 94.9 Å². The number of H-pyrrole nitrogens is 1. The van der Waals surface area contributed by atoms with E-state index in [9.17, 15) is 9.59 Å². The Morgan fingerprint density at radius 2 is 1.72 bits per heavy atom. The van der Waals surface area contributed by atoms with Gasteiger partial charge in [0.15, 0.2) is 10.9 Å². The number of carbonyl (C=O) groups excluding carboxylic acids is 1. The molecule has 32 heavy (non-hydrogen) atoms. The Morgan fingerprint density at radius 1 is 1.00 bits per heavy atom. The van der Waals surface area contributed by atoms with Crippen LogP contribution in [0.5, 0.6) is 5.75 Å². The molecular formula is C25H19N3O3S. The number of ketones is 1. The summed E-state index contributed by atoms with van der Waals surface area (Å²) in [5.74, 6) is 0.653. The maximum atomic E-state index is 13.4. The number of Topliss-reactive ketones (excluding diaryl/α,β-unsaturated/α-hetero) is 1. The molecule has 0 fully saturated rings. The number of rotatable bonds is 6. The lowest BCUT2D eigenvalue weighted by Gasteiger charge is -2.15. The van der Waals surface area contributed by atoms with E-state index in [1.165, 1.54) is 16.3 Å². The Labute approximate surface area is 187 Å². The molecule has 0 bridgehead atoms. The summed E-state index contributed by atoms with van der Waals surface area (Å²) in [7, 11) is 1.56. The molecule has 0 unspecified atom stereocenters. The van der Waals surface area contributed by atoms with Crippen molar-refractivity contribution in [2.75, 3.05) is 12.9 Å². The molecule has 1 N–H and O–H groups in total. The number of hydrogen-bond acceptors (Lipinski definition) is 5. The van der Waals surface area contributed by atoms with Crippen molar-refractivity contribution in [2.24, 2.45) is 0 Å².